The first-order valence-corrected chi connectivity index (χ1v) is 12.1. The molecule has 5 nitrogen and oxygen atoms in total. The Hall–Kier alpha value is -2.48. The molecule has 160 valence electrons. The molecule has 1 amide bonds. The third kappa shape index (κ3) is 4.33. The van der Waals surface area contributed by atoms with E-state index in [-0.39, 0.29) is 17.6 Å². The van der Waals surface area contributed by atoms with Crippen LogP contribution in [0.3, 0.4) is 0 Å². The van der Waals surface area contributed by atoms with Crippen LogP contribution in [-0.2, 0) is 14.3 Å². The summed E-state index contributed by atoms with van der Waals surface area (Å²) in [4.78, 5) is 21.2. The smallest absolute Gasteiger partial charge is 0.226 e. The Morgan fingerprint density at radius 3 is 2.50 bits per heavy atom. The molecule has 2 fully saturated rings. The lowest BCUT2D eigenvalue weighted by atomic mass is 9.96. The molecule has 3 heterocycles. The second-order valence-corrected chi connectivity index (χ2v) is 10.7. The number of amides is 1. The van der Waals surface area contributed by atoms with E-state index in [2.05, 4.69) is 10.9 Å². The van der Waals surface area contributed by atoms with Crippen molar-refractivity contribution >= 4 is 27.1 Å². The topological polar surface area (TPSA) is 53.5 Å². The van der Waals surface area contributed by atoms with Crippen LogP contribution >= 0.6 is 0 Å². The van der Waals surface area contributed by atoms with E-state index in [0.717, 1.165) is 6.20 Å². The summed E-state index contributed by atoms with van der Waals surface area (Å²) in [5.41, 5.74) is 0.453. The fourth-order valence-electron chi connectivity index (χ4n) is 4.26. The summed E-state index contributed by atoms with van der Waals surface area (Å²) >= 11 is 0. The number of benzene rings is 1. The maximum atomic E-state index is 14.7. The highest BCUT2D eigenvalue weighted by molar-refractivity contribution is 8.00. The van der Waals surface area contributed by atoms with Crippen molar-refractivity contribution in [3.8, 4) is 0 Å². The van der Waals surface area contributed by atoms with Crippen molar-refractivity contribution in [3.63, 3.8) is 0 Å². The molecule has 0 radical (unpaired) electrons. The number of hydrogen-bond acceptors (Lipinski definition) is 4. The highest BCUT2D eigenvalue weighted by Crippen LogP contribution is 2.32. The van der Waals surface area contributed by atoms with E-state index in [1.54, 1.807) is 29.2 Å². The average molecular weight is 434 g/mol. The number of hydrogen-bond donors (Lipinski definition) is 0. The van der Waals surface area contributed by atoms with Crippen molar-refractivity contribution in [2.24, 2.45) is 5.92 Å². The number of nitrogens with zero attached hydrogens (tertiary/aromatic N) is 3. The Labute approximate surface area is 175 Å². The monoisotopic (exact) mass is 433 g/mol. The molecule has 1 aromatic heterocycles. The fourth-order valence-corrected chi connectivity index (χ4v) is 5.90. The van der Waals surface area contributed by atoms with Gasteiger partial charge < -0.3 is 9.80 Å². The first-order chi connectivity index (χ1) is 14.3. The molecule has 1 aromatic carbocycles. The second kappa shape index (κ2) is 8.34. The number of carbonyl (C=O) groups is 1. The molecule has 2 aromatic rings. The van der Waals surface area contributed by atoms with Gasteiger partial charge in [-0.25, -0.2) is 13.8 Å². The highest BCUT2D eigenvalue weighted by atomic mass is 32.2. The largest absolute Gasteiger partial charge is 0.352 e. The van der Waals surface area contributed by atoms with Gasteiger partial charge in [0.15, 0.2) is 0 Å². The van der Waals surface area contributed by atoms with Gasteiger partial charge >= 0.3 is 0 Å². The molecule has 2 saturated heterocycles. The predicted octanol–water partition coefficient (Wildman–Crippen LogP) is 2.88. The zero-order valence-electron chi connectivity index (χ0n) is 16.7. The zero-order chi connectivity index (χ0) is 21.3. The number of aromatic nitrogens is 1. The van der Waals surface area contributed by atoms with Gasteiger partial charge in [0.2, 0.25) is 5.91 Å². The van der Waals surface area contributed by atoms with Crippen LogP contribution in [0.1, 0.15) is 24.4 Å². The standard InChI is InChI=1S/C22H25F2N3O2S/c1-30(29)12-8-16(9-13-30)22(28)27-11-10-26(21-7-6-17(23)14-25-21)15-20(27)18-4-2-3-5-19(18)24/h2-7,14,16,20H,1,8-13,15H2. The van der Waals surface area contributed by atoms with Crippen molar-refractivity contribution in [1.29, 1.82) is 0 Å². The van der Waals surface area contributed by atoms with Crippen LogP contribution in [0.15, 0.2) is 42.6 Å². The van der Waals surface area contributed by atoms with E-state index in [1.165, 1.54) is 12.1 Å². The van der Waals surface area contributed by atoms with E-state index >= 15 is 0 Å². The Balaban J connectivity index is 1.60. The van der Waals surface area contributed by atoms with Crippen molar-refractivity contribution in [1.82, 2.24) is 9.88 Å². The third-order valence-corrected chi connectivity index (χ3v) is 7.95. The van der Waals surface area contributed by atoms with E-state index in [1.807, 2.05) is 4.90 Å². The number of rotatable bonds is 3. The molecule has 0 spiro atoms. The summed E-state index contributed by atoms with van der Waals surface area (Å²) in [7, 11) is -2.08. The van der Waals surface area contributed by atoms with Crippen LogP contribution in [0.5, 0.6) is 0 Å². The SMILES string of the molecule is C=S1(=O)CCC(C(=O)N2CCN(c3ccc(F)cn3)CC2c2ccccc2F)CC1. The minimum atomic E-state index is -2.08. The first kappa shape index (κ1) is 20.8. The molecule has 0 aliphatic carbocycles. The second-order valence-electron chi connectivity index (χ2n) is 8.00. The lowest BCUT2D eigenvalue weighted by Crippen LogP contribution is -2.53. The maximum Gasteiger partial charge on any atom is 0.226 e. The van der Waals surface area contributed by atoms with Gasteiger partial charge in [-0.15, -0.1) is 0 Å². The Kier molecular flexibility index (Phi) is 5.77. The highest BCUT2D eigenvalue weighted by Gasteiger charge is 2.37. The predicted molar refractivity (Wildman–Crippen MR) is 115 cm³/mol. The van der Waals surface area contributed by atoms with Crippen molar-refractivity contribution in [2.45, 2.75) is 18.9 Å². The molecule has 2 aliphatic heterocycles. The summed E-state index contributed by atoms with van der Waals surface area (Å²) in [6.45, 7) is 1.30. The lowest BCUT2D eigenvalue weighted by Gasteiger charge is -2.44. The molecular formula is C22H25F2N3O2S. The van der Waals surface area contributed by atoms with Crippen molar-refractivity contribution < 1.29 is 17.8 Å². The van der Waals surface area contributed by atoms with Crippen molar-refractivity contribution in [2.75, 3.05) is 36.0 Å². The van der Waals surface area contributed by atoms with Crippen LogP contribution in [0, 0.1) is 17.6 Å². The van der Waals surface area contributed by atoms with Crippen LogP contribution in [0.25, 0.3) is 0 Å². The summed E-state index contributed by atoms with van der Waals surface area (Å²) in [6.07, 6.45) is 2.25. The molecule has 0 N–H and O–H groups in total. The summed E-state index contributed by atoms with van der Waals surface area (Å²) in [6, 6.07) is 8.93. The molecule has 1 unspecified atom stereocenters. The van der Waals surface area contributed by atoms with Gasteiger partial charge in [-0.2, -0.15) is 0 Å². The van der Waals surface area contributed by atoms with Gasteiger partial charge in [0.05, 0.1) is 12.2 Å². The molecule has 0 saturated carbocycles. The maximum absolute atomic E-state index is 14.7. The quantitative estimate of drug-likeness (QED) is 0.699. The Morgan fingerprint density at radius 1 is 1.10 bits per heavy atom. The fraction of sp³-hybridized carbons (Fsp3) is 0.409. The van der Waals surface area contributed by atoms with E-state index in [0.29, 0.717) is 55.4 Å². The average Bonchev–Trinajstić information content (AvgIpc) is 2.74. The minimum absolute atomic E-state index is 0.0233. The van der Waals surface area contributed by atoms with Crippen LogP contribution < -0.4 is 4.90 Å². The Morgan fingerprint density at radius 2 is 1.83 bits per heavy atom. The molecule has 4 rings (SSSR count). The zero-order valence-corrected chi connectivity index (χ0v) is 17.5. The molecule has 0 bridgehead atoms. The molecule has 2 aliphatic rings. The lowest BCUT2D eigenvalue weighted by molar-refractivity contribution is -0.138. The number of carbonyl (C=O) groups excluding carboxylic acids is 1. The summed E-state index contributed by atoms with van der Waals surface area (Å²) in [5, 5.41) is 0. The molecule has 30 heavy (non-hydrogen) atoms. The molecule has 8 heteroatoms. The van der Waals surface area contributed by atoms with Crippen LogP contribution in [0.2, 0.25) is 0 Å². The number of pyridine rings is 1. The normalized spacial score (nSPS) is 27.1. The molecular weight excluding hydrogens is 408 g/mol. The van der Waals surface area contributed by atoms with E-state index in [9.17, 15) is 17.8 Å². The van der Waals surface area contributed by atoms with Crippen LogP contribution in [-0.4, -0.2) is 57.0 Å². The van der Waals surface area contributed by atoms with Gasteiger partial charge in [0.25, 0.3) is 0 Å². The number of halogens is 2. The summed E-state index contributed by atoms with van der Waals surface area (Å²) in [5.74, 6) is 4.25. The van der Waals surface area contributed by atoms with E-state index in [4.69, 9.17) is 0 Å². The number of piperazine rings is 1. The van der Waals surface area contributed by atoms with Gasteiger partial charge in [-0.3, -0.25) is 9.00 Å². The number of anilines is 1. The van der Waals surface area contributed by atoms with E-state index < -0.39 is 21.4 Å². The third-order valence-electron chi connectivity index (χ3n) is 5.99. The minimum Gasteiger partial charge on any atom is -0.352 e. The van der Waals surface area contributed by atoms with Gasteiger partial charge in [-0.05, 0) is 46.4 Å². The van der Waals surface area contributed by atoms with Gasteiger partial charge in [0, 0.05) is 42.6 Å². The first-order valence-electron chi connectivity index (χ1n) is 10.1. The van der Waals surface area contributed by atoms with Crippen molar-refractivity contribution in [3.05, 3.63) is 59.8 Å². The van der Waals surface area contributed by atoms with Gasteiger partial charge in [0.1, 0.15) is 17.5 Å². The molecule has 1 atom stereocenters. The Bertz CT molecular complexity index is 1010. The van der Waals surface area contributed by atoms with Crippen LogP contribution in [0.4, 0.5) is 14.6 Å². The van der Waals surface area contributed by atoms with Gasteiger partial charge in [-0.1, -0.05) is 18.2 Å². The summed E-state index contributed by atoms with van der Waals surface area (Å²) < 4.78 is 40.1.